The summed E-state index contributed by atoms with van der Waals surface area (Å²) < 4.78 is 27.5. The summed E-state index contributed by atoms with van der Waals surface area (Å²) in [4.78, 5) is 6.98. The lowest BCUT2D eigenvalue weighted by atomic mass is 10.1. The second-order valence-electron chi connectivity index (χ2n) is 5.18. The first-order chi connectivity index (χ1) is 11.5. The van der Waals surface area contributed by atoms with Crippen molar-refractivity contribution in [1.29, 1.82) is 5.26 Å². The number of rotatable bonds is 5. The van der Waals surface area contributed by atoms with Crippen molar-refractivity contribution in [2.75, 3.05) is 11.3 Å². The van der Waals surface area contributed by atoms with Crippen molar-refractivity contribution in [1.82, 2.24) is 9.97 Å². The van der Waals surface area contributed by atoms with Crippen molar-refractivity contribution in [3.63, 3.8) is 0 Å². The topological polar surface area (TPSA) is 119 Å². The first kappa shape index (κ1) is 16.4. The number of nitrogens with zero attached hydrogens (tertiary/aromatic N) is 2. The van der Waals surface area contributed by atoms with Gasteiger partial charge >= 0.3 is 0 Å². The van der Waals surface area contributed by atoms with Gasteiger partial charge < -0.3 is 10.1 Å². The molecule has 0 unspecified atom stereocenters. The Hall–Kier alpha value is -2.41. The van der Waals surface area contributed by atoms with Crippen LogP contribution in [0.4, 0.5) is 5.69 Å². The van der Waals surface area contributed by atoms with Gasteiger partial charge in [-0.25, -0.2) is 4.98 Å². The summed E-state index contributed by atoms with van der Waals surface area (Å²) in [5, 5.41) is 20.4. The molecule has 9 heteroatoms. The van der Waals surface area contributed by atoms with E-state index in [0.29, 0.717) is 34.3 Å². The number of hydrogen-bond acceptors (Lipinski definition) is 6. The molecule has 0 amide bonds. The van der Waals surface area contributed by atoms with Crippen LogP contribution < -0.4 is 4.72 Å². The predicted octanol–water partition coefficient (Wildman–Crippen LogP) is 2.14. The molecule has 0 radical (unpaired) electrons. The minimum absolute atomic E-state index is 0.0632. The molecule has 7 nitrogen and oxygen atoms in total. The molecule has 0 atom stereocenters. The molecule has 0 saturated heterocycles. The van der Waals surface area contributed by atoms with Crippen LogP contribution in [0.15, 0.2) is 28.0 Å². The molecule has 124 valence electrons. The Morgan fingerprint density at radius 2 is 2.25 bits per heavy atom. The van der Waals surface area contributed by atoms with Gasteiger partial charge in [0.15, 0.2) is 0 Å². The van der Waals surface area contributed by atoms with E-state index in [1.165, 1.54) is 0 Å². The van der Waals surface area contributed by atoms with Gasteiger partial charge in [-0.1, -0.05) is 6.07 Å². The number of fused-ring (bicyclic) bond motifs is 1. The van der Waals surface area contributed by atoms with E-state index in [0.717, 1.165) is 16.9 Å². The number of nitrogens with one attached hydrogen (secondary N) is 2. The molecular formula is C15H14N4O3S2. The third kappa shape index (κ3) is 2.87. The summed E-state index contributed by atoms with van der Waals surface area (Å²) in [7, 11) is -3.84. The largest absolute Gasteiger partial charge is 0.396 e. The lowest BCUT2D eigenvalue weighted by molar-refractivity contribution is 0.298. The van der Waals surface area contributed by atoms with E-state index in [2.05, 4.69) is 20.8 Å². The van der Waals surface area contributed by atoms with Crippen LogP contribution in [0.1, 0.15) is 16.8 Å². The molecule has 1 aromatic carbocycles. The van der Waals surface area contributed by atoms with Crippen LogP contribution in [0.2, 0.25) is 0 Å². The normalized spacial score (nSPS) is 11.5. The smallest absolute Gasteiger partial charge is 0.289 e. The molecular weight excluding hydrogens is 348 g/mol. The van der Waals surface area contributed by atoms with Gasteiger partial charge in [-0.05, 0) is 18.6 Å². The van der Waals surface area contributed by atoms with Gasteiger partial charge in [0.1, 0.15) is 6.07 Å². The van der Waals surface area contributed by atoms with Gasteiger partial charge in [-0.2, -0.15) is 13.7 Å². The molecule has 3 aromatic rings. The number of aromatic nitrogens is 2. The highest BCUT2D eigenvalue weighted by Crippen LogP contribution is 2.30. The number of sulfonamides is 1. The summed E-state index contributed by atoms with van der Waals surface area (Å²) in [5.41, 5.74) is 2.79. The molecule has 0 spiro atoms. The van der Waals surface area contributed by atoms with Crippen LogP contribution >= 0.6 is 11.3 Å². The van der Waals surface area contributed by atoms with Gasteiger partial charge in [0.2, 0.25) is 4.34 Å². The summed E-state index contributed by atoms with van der Waals surface area (Å²) in [6, 6.07) is 5.49. The summed E-state index contributed by atoms with van der Waals surface area (Å²) in [6.07, 6.45) is 1.86. The number of hydrogen-bond donors (Lipinski definition) is 3. The first-order valence-corrected chi connectivity index (χ1v) is 9.41. The van der Waals surface area contributed by atoms with Crippen LogP contribution in [-0.2, 0) is 16.4 Å². The Labute approximate surface area is 142 Å². The highest BCUT2D eigenvalue weighted by molar-refractivity contribution is 7.94. The molecule has 3 rings (SSSR count). The summed E-state index contributed by atoms with van der Waals surface area (Å²) in [6.45, 7) is 1.77. The number of aromatic amines is 1. The highest BCUT2D eigenvalue weighted by atomic mass is 32.2. The minimum atomic E-state index is -3.84. The Morgan fingerprint density at radius 3 is 2.96 bits per heavy atom. The van der Waals surface area contributed by atoms with E-state index in [-0.39, 0.29) is 10.9 Å². The minimum Gasteiger partial charge on any atom is -0.396 e. The Morgan fingerprint density at radius 1 is 1.46 bits per heavy atom. The van der Waals surface area contributed by atoms with E-state index >= 15 is 0 Å². The lowest BCUT2D eigenvalue weighted by Crippen LogP contribution is -2.13. The molecule has 0 fully saturated rings. The van der Waals surface area contributed by atoms with Crippen LogP contribution in [0.5, 0.6) is 0 Å². The summed E-state index contributed by atoms with van der Waals surface area (Å²) >= 11 is 0.999. The van der Waals surface area contributed by atoms with E-state index in [9.17, 15) is 8.42 Å². The zero-order valence-electron chi connectivity index (χ0n) is 12.7. The fourth-order valence-electron chi connectivity index (χ4n) is 2.42. The number of benzene rings is 1. The SMILES string of the molecule is Cc1ccc(NS(=O)(=O)c2nc(CCO)cs2)c2[nH]cc(C#N)c12. The fourth-order valence-corrected chi connectivity index (χ4v) is 4.56. The second kappa shape index (κ2) is 6.24. The Bertz CT molecular complexity index is 1040. The molecule has 3 N–H and O–H groups in total. The van der Waals surface area contributed by atoms with E-state index in [1.54, 1.807) is 23.7 Å². The van der Waals surface area contributed by atoms with Crippen molar-refractivity contribution >= 4 is 38.0 Å². The molecule has 0 aliphatic rings. The van der Waals surface area contributed by atoms with E-state index < -0.39 is 10.0 Å². The number of H-pyrrole nitrogens is 1. The zero-order chi connectivity index (χ0) is 17.3. The molecule has 0 saturated carbocycles. The van der Waals surface area contributed by atoms with Crippen molar-refractivity contribution < 1.29 is 13.5 Å². The van der Waals surface area contributed by atoms with Gasteiger partial charge in [0.05, 0.1) is 22.5 Å². The van der Waals surface area contributed by atoms with Gasteiger partial charge in [-0.3, -0.25) is 4.72 Å². The van der Waals surface area contributed by atoms with Crippen molar-refractivity contribution in [3.05, 3.63) is 40.5 Å². The third-order valence-electron chi connectivity index (χ3n) is 3.54. The number of thiazole rings is 1. The Balaban J connectivity index is 2.01. The maximum atomic E-state index is 12.5. The lowest BCUT2D eigenvalue weighted by Gasteiger charge is -2.08. The van der Waals surface area contributed by atoms with Crippen LogP contribution in [0.3, 0.4) is 0 Å². The predicted molar refractivity (Wildman–Crippen MR) is 91.5 cm³/mol. The quantitative estimate of drug-likeness (QED) is 0.642. The van der Waals surface area contributed by atoms with Gasteiger partial charge in [-0.15, -0.1) is 11.3 Å². The number of nitriles is 1. The second-order valence-corrected chi connectivity index (χ2v) is 7.89. The molecule has 24 heavy (non-hydrogen) atoms. The Kier molecular flexibility index (Phi) is 4.28. The molecule has 2 aromatic heterocycles. The standard InChI is InChI=1S/C15H14N4O3S2/c1-9-2-3-12(14-13(9)10(6-16)7-17-14)19-24(21,22)15-18-11(4-5-20)8-23-15/h2-3,7-8,17,19-20H,4-5H2,1H3. The van der Waals surface area contributed by atoms with Crippen LogP contribution in [-0.4, -0.2) is 30.1 Å². The number of aliphatic hydroxyl groups is 1. The van der Waals surface area contributed by atoms with Gasteiger partial charge in [0, 0.05) is 30.0 Å². The average Bonchev–Trinajstić information content (AvgIpc) is 3.18. The number of aliphatic hydroxyl groups excluding tert-OH is 1. The molecule has 2 heterocycles. The monoisotopic (exact) mass is 362 g/mol. The molecule has 0 aliphatic carbocycles. The van der Waals surface area contributed by atoms with Crippen LogP contribution in [0, 0.1) is 18.3 Å². The third-order valence-corrected chi connectivity index (χ3v) is 6.21. The van der Waals surface area contributed by atoms with E-state index in [1.807, 2.05) is 6.92 Å². The van der Waals surface area contributed by atoms with Crippen molar-refractivity contribution in [3.8, 4) is 6.07 Å². The van der Waals surface area contributed by atoms with Crippen molar-refractivity contribution in [2.24, 2.45) is 0 Å². The fraction of sp³-hybridized carbons (Fsp3) is 0.200. The number of aryl methyl sites for hydroxylation is 1. The van der Waals surface area contributed by atoms with Gasteiger partial charge in [0.25, 0.3) is 10.0 Å². The van der Waals surface area contributed by atoms with Crippen molar-refractivity contribution in [2.45, 2.75) is 17.7 Å². The highest BCUT2D eigenvalue weighted by Gasteiger charge is 2.21. The molecule has 0 aliphatic heterocycles. The molecule has 0 bridgehead atoms. The van der Waals surface area contributed by atoms with E-state index in [4.69, 9.17) is 10.4 Å². The summed E-state index contributed by atoms with van der Waals surface area (Å²) in [5.74, 6) is 0. The average molecular weight is 362 g/mol. The maximum Gasteiger partial charge on any atom is 0.289 e. The maximum absolute atomic E-state index is 12.5. The first-order valence-electron chi connectivity index (χ1n) is 7.05. The number of anilines is 1. The van der Waals surface area contributed by atoms with Crippen LogP contribution in [0.25, 0.3) is 10.9 Å². The zero-order valence-corrected chi connectivity index (χ0v) is 14.3.